The van der Waals surface area contributed by atoms with E-state index < -0.39 is 23.2 Å². The van der Waals surface area contributed by atoms with Crippen LogP contribution < -0.4 is 0 Å². The van der Waals surface area contributed by atoms with E-state index in [4.69, 9.17) is 0 Å². The zero-order valence-corrected chi connectivity index (χ0v) is 10.6. The molecular formula is C15H12F2O3. The fourth-order valence-electron chi connectivity index (χ4n) is 1.93. The Morgan fingerprint density at radius 1 is 0.950 bits per heavy atom. The largest absolute Gasteiger partial charge is 0.466 e. The summed E-state index contributed by atoms with van der Waals surface area (Å²) in [6.07, 6.45) is 0. The van der Waals surface area contributed by atoms with Crippen molar-refractivity contribution >= 4 is 5.97 Å². The number of aliphatic hydroxyl groups is 1. The highest BCUT2D eigenvalue weighted by molar-refractivity contribution is 5.85. The minimum atomic E-state index is -2.11. The van der Waals surface area contributed by atoms with Gasteiger partial charge in [-0.25, -0.2) is 13.6 Å². The predicted molar refractivity (Wildman–Crippen MR) is 67.8 cm³/mol. The highest BCUT2D eigenvalue weighted by Gasteiger charge is 2.41. The molecule has 0 bridgehead atoms. The van der Waals surface area contributed by atoms with Crippen molar-refractivity contribution in [1.29, 1.82) is 0 Å². The summed E-state index contributed by atoms with van der Waals surface area (Å²) in [5, 5.41) is 10.7. The van der Waals surface area contributed by atoms with Gasteiger partial charge in [-0.3, -0.25) is 0 Å². The van der Waals surface area contributed by atoms with E-state index in [2.05, 4.69) is 4.74 Å². The number of ether oxygens (including phenoxy) is 1. The van der Waals surface area contributed by atoms with E-state index in [-0.39, 0.29) is 11.1 Å². The van der Waals surface area contributed by atoms with Gasteiger partial charge in [-0.1, -0.05) is 24.3 Å². The smallest absolute Gasteiger partial charge is 0.347 e. The lowest BCUT2D eigenvalue weighted by molar-refractivity contribution is -0.158. The maximum atomic E-state index is 13.0. The van der Waals surface area contributed by atoms with Crippen LogP contribution in [0, 0.1) is 11.6 Å². The Morgan fingerprint density at radius 3 is 1.60 bits per heavy atom. The van der Waals surface area contributed by atoms with Crippen LogP contribution in [0.4, 0.5) is 8.78 Å². The SMILES string of the molecule is COC(=O)C(O)(c1ccc(F)cc1)c1ccc(F)cc1. The molecule has 0 saturated heterocycles. The van der Waals surface area contributed by atoms with Gasteiger partial charge in [0.25, 0.3) is 0 Å². The molecule has 0 spiro atoms. The quantitative estimate of drug-likeness (QED) is 0.877. The Kier molecular flexibility index (Phi) is 3.81. The number of benzene rings is 2. The summed E-state index contributed by atoms with van der Waals surface area (Å²) >= 11 is 0. The Morgan fingerprint density at radius 2 is 1.30 bits per heavy atom. The van der Waals surface area contributed by atoms with Crippen molar-refractivity contribution in [3.63, 3.8) is 0 Å². The first-order chi connectivity index (χ1) is 9.48. The van der Waals surface area contributed by atoms with Crippen LogP contribution >= 0.6 is 0 Å². The predicted octanol–water partition coefficient (Wildman–Crippen LogP) is 2.37. The first-order valence-electron chi connectivity index (χ1n) is 5.81. The number of hydrogen-bond acceptors (Lipinski definition) is 3. The third-order valence-electron chi connectivity index (χ3n) is 3.00. The lowest BCUT2D eigenvalue weighted by atomic mass is 9.86. The zero-order valence-electron chi connectivity index (χ0n) is 10.6. The van der Waals surface area contributed by atoms with Gasteiger partial charge in [0.2, 0.25) is 5.60 Å². The highest BCUT2D eigenvalue weighted by atomic mass is 19.1. The average molecular weight is 278 g/mol. The molecule has 0 aliphatic carbocycles. The summed E-state index contributed by atoms with van der Waals surface area (Å²) in [6, 6.07) is 9.56. The maximum absolute atomic E-state index is 13.0. The van der Waals surface area contributed by atoms with Crippen LogP contribution in [0.5, 0.6) is 0 Å². The lowest BCUT2D eigenvalue weighted by Gasteiger charge is -2.26. The van der Waals surface area contributed by atoms with Gasteiger partial charge >= 0.3 is 5.97 Å². The summed E-state index contributed by atoms with van der Waals surface area (Å²) in [5.41, 5.74) is -1.84. The first-order valence-corrected chi connectivity index (χ1v) is 5.81. The van der Waals surface area contributed by atoms with E-state index in [1.807, 2.05) is 0 Å². The van der Waals surface area contributed by atoms with Crippen LogP contribution in [0.25, 0.3) is 0 Å². The van der Waals surface area contributed by atoms with Gasteiger partial charge in [-0.05, 0) is 35.4 Å². The molecule has 104 valence electrons. The molecule has 2 aromatic rings. The minimum Gasteiger partial charge on any atom is -0.466 e. The van der Waals surface area contributed by atoms with Crippen LogP contribution in [0.3, 0.4) is 0 Å². The zero-order chi connectivity index (χ0) is 14.8. The standard InChI is InChI=1S/C15H12F2O3/c1-20-14(18)15(19,10-2-6-12(16)7-3-10)11-4-8-13(17)9-5-11/h2-9,19H,1H3. The molecule has 2 rings (SSSR count). The maximum Gasteiger partial charge on any atom is 0.347 e. The number of carbonyl (C=O) groups excluding carboxylic acids is 1. The monoisotopic (exact) mass is 278 g/mol. The Bertz CT molecular complexity index is 561. The molecular weight excluding hydrogens is 266 g/mol. The normalized spacial score (nSPS) is 11.2. The van der Waals surface area contributed by atoms with E-state index in [1.54, 1.807) is 0 Å². The summed E-state index contributed by atoms with van der Waals surface area (Å²) in [6.45, 7) is 0. The summed E-state index contributed by atoms with van der Waals surface area (Å²) in [5.74, 6) is -1.93. The van der Waals surface area contributed by atoms with Crippen LogP contribution in [0.15, 0.2) is 48.5 Å². The van der Waals surface area contributed by atoms with Gasteiger partial charge in [0.05, 0.1) is 7.11 Å². The fraction of sp³-hybridized carbons (Fsp3) is 0.133. The van der Waals surface area contributed by atoms with Crippen molar-refractivity contribution in [3.8, 4) is 0 Å². The number of esters is 1. The second-order valence-corrected chi connectivity index (χ2v) is 4.22. The highest BCUT2D eigenvalue weighted by Crippen LogP contribution is 2.31. The van der Waals surface area contributed by atoms with Gasteiger partial charge in [0.15, 0.2) is 0 Å². The molecule has 0 radical (unpaired) electrons. The van der Waals surface area contributed by atoms with Crippen molar-refractivity contribution in [3.05, 3.63) is 71.3 Å². The number of carbonyl (C=O) groups is 1. The fourth-order valence-corrected chi connectivity index (χ4v) is 1.93. The van der Waals surface area contributed by atoms with Crippen molar-refractivity contribution in [2.45, 2.75) is 5.60 Å². The Labute approximate surface area is 114 Å². The molecule has 0 aliphatic rings. The van der Waals surface area contributed by atoms with Crippen molar-refractivity contribution < 1.29 is 23.4 Å². The first kappa shape index (κ1) is 14.1. The van der Waals surface area contributed by atoms with Crippen LogP contribution in [-0.2, 0) is 15.1 Å². The molecule has 2 aromatic carbocycles. The molecule has 0 fully saturated rings. The second kappa shape index (κ2) is 5.38. The number of rotatable bonds is 3. The lowest BCUT2D eigenvalue weighted by Crippen LogP contribution is -2.38. The van der Waals surface area contributed by atoms with Gasteiger partial charge in [0, 0.05) is 0 Å². The molecule has 1 N–H and O–H groups in total. The molecule has 0 saturated carbocycles. The van der Waals surface area contributed by atoms with Gasteiger partial charge in [0.1, 0.15) is 11.6 Å². The summed E-state index contributed by atoms with van der Waals surface area (Å²) < 4.78 is 30.5. The summed E-state index contributed by atoms with van der Waals surface area (Å²) in [4.78, 5) is 11.9. The van der Waals surface area contributed by atoms with Crippen molar-refractivity contribution in [2.24, 2.45) is 0 Å². The molecule has 20 heavy (non-hydrogen) atoms. The summed E-state index contributed by atoms with van der Waals surface area (Å²) in [7, 11) is 1.13. The molecule has 0 atom stereocenters. The molecule has 0 aliphatic heterocycles. The third kappa shape index (κ3) is 2.40. The van der Waals surface area contributed by atoms with Gasteiger partial charge in [-0.2, -0.15) is 0 Å². The Balaban J connectivity index is 2.58. The number of halogens is 2. The second-order valence-electron chi connectivity index (χ2n) is 4.22. The van der Waals surface area contributed by atoms with Crippen molar-refractivity contribution in [1.82, 2.24) is 0 Å². The molecule has 0 amide bonds. The molecule has 0 heterocycles. The molecule has 0 aromatic heterocycles. The molecule has 3 nitrogen and oxygen atoms in total. The van der Waals surface area contributed by atoms with Gasteiger partial charge in [-0.15, -0.1) is 0 Å². The van der Waals surface area contributed by atoms with E-state index in [0.717, 1.165) is 31.4 Å². The van der Waals surface area contributed by atoms with Crippen LogP contribution in [0.2, 0.25) is 0 Å². The average Bonchev–Trinajstić information content (AvgIpc) is 2.47. The molecule has 0 unspecified atom stereocenters. The number of hydrogen-bond donors (Lipinski definition) is 1. The minimum absolute atomic E-state index is 0.136. The number of methoxy groups -OCH3 is 1. The van der Waals surface area contributed by atoms with Gasteiger partial charge < -0.3 is 9.84 Å². The van der Waals surface area contributed by atoms with E-state index in [9.17, 15) is 18.7 Å². The van der Waals surface area contributed by atoms with Crippen LogP contribution in [-0.4, -0.2) is 18.2 Å². The van der Waals surface area contributed by atoms with E-state index in [0.29, 0.717) is 0 Å². The van der Waals surface area contributed by atoms with Crippen LogP contribution in [0.1, 0.15) is 11.1 Å². The van der Waals surface area contributed by atoms with Crippen molar-refractivity contribution in [2.75, 3.05) is 7.11 Å². The van der Waals surface area contributed by atoms with E-state index in [1.165, 1.54) is 24.3 Å². The Hall–Kier alpha value is -2.27. The van der Waals surface area contributed by atoms with E-state index >= 15 is 0 Å². The third-order valence-corrected chi connectivity index (χ3v) is 3.00. The topological polar surface area (TPSA) is 46.5 Å². The molecule has 5 heteroatoms.